The maximum Gasteiger partial charge on any atom is 0.322 e. The van der Waals surface area contributed by atoms with Crippen molar-refractivity contribution in [3.63, 3.8) is 0 Å². The summed E-state index contributed by atoms with van der Waals surface area (Å²) in [5.41, 5.74) is 0. The highest BCUT2D eigenvalue weighted by Crippen LogP contribution is 2.16. The minimum atomic E-state index is -0.747. The highest BCUT2D eigenvalue weighted by Gasteiger charge is 2.26. The molecule has 4 heteroatoms. The second kappa shape index (κ2) is 5.47. The third-order valence-electron chi connectivity index (χ3n) is 2.94. The number of carboxylic acids is 1. The summed E-state index contributed by atoms with van der Waals surface area (Å²) in [6, 6.07) is 0.301. The lowest BCUT2D eigenvalue weighted by molar-refractivity contribution is -0.140. The number of aliphatic carboxylic acids is 1. The lowest BCUT2D eigenvalue weighted by Crippen LogP contribution is -2.49. The molecule has 0 aromatic heterocycles. The lowest BCUT2D eigenvalue weighted by Gasteiger charge is -2.26. The maximum absolute atomic E-state index is 11.0. The van der Waals surface area contributed by atoms with Gasteiger partial charge in [-0.05, 0) is 26.3 Å². The molecule has 1 saturated heterocycles. The van der Waals surface area contributed by atoms with Crippen LogP contribution in [0.5, 0.6) is 0 Å². The van der Waals surface area contributed by atoms with Crippen molar-refractivity contribution in [1.29, 1.82) is 0 Å². The monoisotopic (exact) mass is 214 g/mol. The zero-order chi connectivity index (χ0) is 11.4. The van der Waals surface area contributed by atoms with Gasteiger partial charge in [0.25, 0.3) is 0 Å². The van der Waals surface area contributed by atoms with Crippen molar-refractivity contribution in [3.8, 4) is 0 Å². The molecule has 1 fully saturated rings. The van der Waals surface area contributed by atoms with Crippen LogP contribution in [0.4, 0.5) is 0 Å². The predicted molar refractivity (Wildman–Crippen MR) is 60.0 cm³/mol. The molecule has 0 spiro atoms. The smallest absolute Gasteiger partial charge is 0.322 e. The second-order valence-electron chi connectivity index (χ2n) is 4.70. The summed E-state index contributed by atoms with van der Waals surface area (Å²) in [5, 5.41) is 12.2. The van der Waals surface area contributed by atoms with Crippen molar-refractivity contribution >= 4 is 5.97 Å². The highest BCUT2D eigenvalue weighted by molar-refractivity contribution is 5.73. The van der Waals surface area contributed by atoms with E-state index in [9.17, 15) is 4.79 Å². The minimum absolute atomic E-state index is 0.212. The van der Waals surface area contributed by atoms with Crippen LogP contribution in [0.3, 0.4) is 0 Å². The Morgan fingerprint density at radius 2 is 2.27 bits per heavy atom. The maximum atomic E-state index is 11.0. The molecule has 0 aromatic rings. The highest BCUT2D eigenvalue weighted by atomic mass is 16.4. The summed E-state index contributed by atoms with van der Waals surface area (Å²) in [4.78, 5) is 13.3. The van der Waals surface area contributed by atoms with Gasteiger partial charge in [0.2, 0.25) is 0 Å². The van der Waals surface area contributed by atoms with Crippen LogP contribution < -0.4 is 5.32 Å². The molecule has 88 valence electrons. The van der Waals surface area contributed by atoms with Gasteiger partial charge in [-0.25, -0.2) is 0 Å². The third kappa shape index (κ3) is 3.80. The molecular weight excluding hydrogens is 192 g/mol. The Labute approximate surface area is 91.6 Å². The summed E-state index contributed by atoms with van der Waals surface area (Å²) in [5.74, 6) is -0.747. The molecule has 1 rings (SSSR count). The first-order valence-corrected chi connectivity index (χ1v) is 5.73. The fraction of sp³-hybridized carbons (Fsp3) is 0.909. The Morgan fingerprint density at radius 3 is 2.67 bits per heavy atom. The van der Waals surface area contributed by atoms with E-state index in [1.54, 1.807) is 0 Å². The van der Waals surface area contributed by atoms with E-state index in [1.165, 1.54) is 12.8 Å². The molecule has 1 aliphatic heterocycles. The topological polar surface area (TPSA) is 52.6 Å². The number of nitrogens with zero attached hydrogens (tertiary/aromatic N) is 1. The standard InChI is InChI=1S/C11H22N2O2/c1-8(2)12-10(11(14)15)7-13-6-4-5-9(13)3/h8-10,12H,4-7H2,1-3H3,(H,14,15). The van der Waals surface area contributed by atoms with Gasteiger partial charge in [-0.15, -0.1) is 0 Å². The number of carboxylic acid groups (broad SMARTS) is 1. The zero-order valence-electron chi connectivity index (χ0n) is 9.86. The molecule has 0 amide bonds. The van der Waals surface area contributed by atoms with Gasteiger partial charge < -0.3 is 10.4 Å². The van der Waals surface area contributed by atoms with Crippen LogP contribution in [0.1, 0.15) is 33.6 Å². The van der Waals surface area contributed by atoms with Crippen LogP contribution >= 0.6 is 0 Å². The molecule has 4 nitrogen and oxygen atoms in total. The van der Waals surface area contributed by atoms with E-state index in [2.05, 4.69) is 17.1 Å². The van der Waals surface area contributed by atoms with E-state index in [1.807, 2.05) is 13.8 Å². The zero-order valence-corrected chi connectivity index (χ0v) is 9.86. The second-order valence-corrected chi connectivity index (χ2v) is 4.70. The van der Waals surface area contributed by atoms with Gasteiger partial charge in [0, 0.05) is 18.6 Å². The number of hydrogen-bond donors (Lipinski definition) is 2. The quantitative estimate of drug-likeness (QED) is 0.714. The predicted octanol–water partition coefficient (Wildman–Crippen LogP) is 0.922. The fourth-order valence-electron chi connectivity index (χ4n) is 2.10. The van der Waals surface area contributed by atoms with Crippen molar-refractivity contribution in [1.82, 2.24) is 10.2 Å². The molecule has 2 N–H and O–H groups in total. The van der Waals surface area contributed by atoms with Crippen molar-refractivity contribution < 1.29 is 9.90 Å². The summed E-state index contributed by atoms with van der Waals surface area (Å²) in [6.07, 6.45) is 2.38. The van der Waals surface area contributed by atoms with Crippen LogP contribution in [-0.2, 0) is 4.79 Å². The number of hydrogen-bond acceptors (Lipinski definition) is 3. The summed E-state index contributed by atoms with van der Waals surface area (Å²) in [7, 11) is 0. The fourth-order valence-corrected chi connectivity index (χ4v) is 2.10. The third-order valence-corrected chi connectivity index (χ3v) is 2.94. The molecule has 0 aromatic carbocycles. The van der Waals surface area contributed by atoms with Gasteiger partial charge in [-0.1, -0.05) is 13.8 Å². The summed E-state index contributed by atoms with van der Waals surface area (Å²) < 4.78 is 0. The Morgan fingerprint density at radius 1 is 1.60 bits per heavy atom. The Kier molecular flexibility index (Phi) is 4.54. The van der Waals surface area contributed by atoms with Gasteiger partial charge >= 0.3 is 5.97 Å². The van der Waals surface area contributed by atoms with Gasteiger partial charge in [-0.3, -0.25) is 9.69 Å². The first-order valence-electron chi connectivity index (χ1n) is 5.73. The molecular formula is C11H22N2O2. The molecule has 0 bridgehead atoms. The van der Waals surface area contributed by atoms with E-state index < -0.39 is 12.0 Å². The number of rotatable bonds is 5. The molecule has 2 atom stereocenters. The van der Waals surface area contributed by atoms with E-state index >= 15 is 0 Å². The molecule has 0 aliphatic carbocycles. The minimum Gasteiger partial charge on any atom is -0.480 e. The van der Waals surface area contributed by atoms with E-state index in [0.717, 1.165) is 6.54 Å². The largest absolute Gasteiger partial charge is 0.480 e. The van der Waals surface area contributed by atoms with Crippen molar-refractivity contribution in [2.75, 3.05) is 13.1 Å². The van der Waals surface area contributed by atoms with Crippen molar-refractivity contribution in [3.05, 3.63) is 0 Å². The van der Waals surface area contributed by atoms with Gasteiger partial charge in [0.15, 0.2) is 0 Å². The molecule has 2 unspecified atom stereocenters. The number of nitrogens with one attached hydrogen (secondary N) is 1. The Hall–Kier alpha value is -0.610. The average molecular weight is 214 g/mol. The lowest BCUT2D eigenvalue weighted by atomic mass is 10.2. The van der Waals surface area contributed by atoms with Crippen LogP contribution in [0.2, 0.25) is 0 Å². The van der Waals surface area contributed by atoms with Gasteiger partial charge in [0.05, 0.1) is 0 Å². The van der Waals surface area contributed by atoms with Crippen molar-refractivity contribution in [2.24, 2.45) is 0 Å². The Bertz CT molecular complexity index is 219. The van der Waals surface area contributed by atoms with Crippen LogP contribution in [-0.4, -0.2) is 47.2 Å². The normalized spacial score (nSPS) is 24.7. The van der Waals surface area contributed by atoms with E-state index in [4.69, 9.17) is 5.11 Å². The van der Waals surface area contributed by atoms with Gasteiger partial charge in [0.1, 0.15) is 6.04 Å². The first kappa shape index (κ1) is 12.5. The van der Waals surface area contributed by atoms with Crippen LogP contribution in [0.15, 0.2) is 0 Å². The van der Waals surface area contributed by atoms with E-state index in [0.29, 0.717) is 12.6 Å². The SMILES string of the molecule is CC(C)NC(CN1CCCC1C)C(=O)O. The van der Waals surface area contributed by atoms with Crippen LogP contribution in [0.25, 0.3) is 0 Å². The molecule has 15 heavy (non-hydrogen) atoms. The first-order chi connectivity index (χ1) is 7.00. The number of likely N-dealkylation sites (tertiary alicyclic amines) is 1. The average Bonchev–Trinajstić information content (AvgIpc) is 2.50. The molecule has 1 heterocycles. The summed E-state index contributed by atoms with van der Waals surface area (Å²) >= 11 is 0. The van der Waals surface area contributed by atoms with Gasteiger partial charge in [-0.2, -0.15) is 0 Å². The number of carbonyl (C=O) groups is 1. The molecule has 0 radical (unpaired) electrons. The van der Waals surface area contributed by atoms with Crippen LogP contribution in [0, 0.1) is 0 Å². The molecule has 0 saturated carbocycles. The summed E-state index contributed by atoms with van der Waals surface area (Å²) in [6.45, 7) is 7.77. The van der Waals surface area contributed by atoms with Crippen molar-refractivity contribution in [2.45, 2.75) is 51.7 Å². The van der Waals surface area contributed by atoms with E-state index in [-0.39, 0.29) is 6.04 Å². The molecule has 1 aliphatic rings. The Balaban J connectivity index is 2.46.